The fraction of sp³-hybridized carbons (Fsp3) is 0.188. The number of carbonyl (C=O) groups is 1. The van der Waals surface area contributed by atoms with Gasteiger partial charge in [-0.3, -0.25) is 14.2 Å². The van der Waals surface area contributed by atoms with Crippen molar-refractivity contribution in [3.8, 4) is 5.75 Å². The molecule has 1 heterocycles. The molecule has 7 heteroatoms. The van der Waals surface area contributed by atoms with Crippen molar-refractivity contribution in [2.45, 2.75) is 0 Å². The van der Waals surface area contributed by atoms with Crippen molar-refractivity contribution in [1.29, 1.82) is 0 Å². The first-order valence-corrected chi connectivity index (χ1v) is 6.67. The van der Waals surface area contributed by atoms with Crippen LogP contribution < -0.4 is 16.0 Å². The maximum Gasteiger partial charge on any atom is 0.330 e. The highest BCUT2D eigenvalue weighted by Crippen LogP contribution is 2.18. The Balaban J connectivity index is 2.34. The minimum absolute atomic E-state index is 0.0393. The first kappa shape index (κ1) is 16.4. The molecule has 0 bridgehead atoms. The van der Waals surface area contributed by atoms with E-state index in [1.54, 1.807) is 0 Å². The van der Waals surface area contributed by atoms with E-state index < -0.39 is 22.8 Å². The van der Waals surface area contributed by atoms with Gasteiger partial charge in [-0.05, 0) is 30.4 Å². The van der Waals surface area contributed by atoms with Crippen molar-refractivity contribution in [2.75, 3.05) is 7.11 Å². The summed E-state index contributed by atoms with van der Waals surface area (Å²) in [7, 11) is 4.18. The molecule has 6 nitrogen and oxygen atoms in total. The van der Waals surface area contributed by atoms with E-state index in [0.29, 0.717) is 0 Å². The highest BCUT2D eigenvalue weighted by molar-refractivity contribution is 6.06. The van der Waals surface area contributed by atoms with E-state index in [1.165, 1.54) is 50.2 Å². The van der Waals surface area contributed by atoms with Crippen LogP contribution >= 0.6 is 0 Å². The maximum atomic E-state index is 13.6. The van der Waals surface area contributed by atoms with Gasteiger partial charge in [0.15, 0.2) is 17.3 Å². The van der Waals surface area contributed by atoms with Gasteiger partial charge in [-0.2, -0.15) is 0 Å². The zero-order valence-corrected chi connectivity index (χ0v) is 12.9. The molecule has 0 radical (unpaired) electrons. The van der Waals surface area contributed by atoms with Crippen molar-refractivity contribution in [3.05, 3.63) is 68.3 Å². The Morgan fingerprint density at radius 2 is 1.96 bits per heavy atom. The summed E-state index contributed by atoms with van der Waals surface area (Å²) in [4.78, 5) is 35.6. The third kappa shape index (κ3) is 3.28. The Labute approximate surface area is 131 Å². The molecule has 0 fully saturated rings. The average Bonchev–Trinajstić information content (AvgIpc) is 2.54. The number of allylic oxidation sites excluding steroid dienone is 1. The third-order valence-corrected chi connectivity index (χ3v) is 3.32. The average molecular weight is 318 g/mol. The lowest BCUT2D eigenvalue weighted by atomic mass is 10.1. The highest BCUT2D eigenvalue weighted by Gasteiger charge is 2.09. The van der Waals surface area contributed by atoms with E-state index in [2.05, 4.69) is 0 Å². The van der Waals surface area contributed by atoms with Crippen molar-refractivity contribution >= 4 is 11.9 Å². The number of aryl methyl sites for hydroxylation is 1. The lowest BCUT2D eigenvalue weighted by Gasteiger charge is -2.04. The molecular formula is C16H15FN2O4. The van der Waals surface area contributed by atoms with Crippen LogP contribution in [0.2, 0.25) is 0 Å². The summed E-state index contributed by atoms with van der Waals surface area (Å²) in [6.07, 6.45) is 3.79. The van der Waals surface area contributed by atoms with Gasteiger partial charge in [-0.1, -0.05) is 0 Å². The minimum Gasteiger partial charge on any atom is -0.494 e. The zero-order chi connectivity index (χ0) is 17.1. The van der Waals surface area contributed by atoms with Gasteiger partial charge < -0.3 is 9.30 Å². The monoisotopic (exact) mass is 318 g/mol. The van der Waals surface area contributed by atoms with Gasteiger partial charge in [0.2, 0.25) is 0 Å². The van der Waals surface area contributed by atoms with E-state index >= 15 is 0 Å². The molecular weight excluding hydrogens is 303 g/mol. The minimum atomic E-state index is -0.648. The normalized spacial score (nSPS) is 11.0. The van der Waals surface area contributed by atoms with Crippen LogP contribution in [0.5, 0.6) is 5.75 Å². The van der Waals surface area contributed by atoms with E-state index in [4.69, 9.17) is 4.74 Å². The number of halogens is 1. The zero-order valence-electron chi connectivity index (χ0n) is 12.9. The van der Waals surface area contributed by atoms with E-state index in [0.717, 1.165) is 16.7 Å². The predicted molar refractivity (Wildman–Crippen MR) is 83.2 cm³/mol. The standard InChI is InChI=1S/C16H15FN2O4/c1-18-9-11(15(21)19(2)16(18)22)4-6-13(20)10-5-7-14(23-3)12(17)8-10/h4-9H,1-3H3/b6-4+. The van der Waals surface area contributed by atoms with Gasteiger partial charge in [-0.15, -0.1) is 0 Å². The lowest BCUT2D eigenvalue weighted by Crippen LogP contribution is -2.37. The molecule has 0 N–H and O–H groups in total. The number of carbonyl (C=O) groups excluding carboxylic acids is 1. The summed E-state index contributed by atoms with van der Waals surface area (Å²) >= 11 is 0. The van der Waals surface area contributed by atoms with Gasteiger partial charge in [0.25, 0.3) is 5.56 Å². The Morgan fingerprint density at radius 1 is 1.26 bits per heavy atom. The largest absolute Gasteiger partial charge is 0.494 e. The number of nitrogens with zero attached hydrogens (tertiary/aromatic N) is 2. The number of methoxy groups -OCH3 is 1. The number of aromatic nitrogens is 2. The Morgan fingerprint density at radius 3 is 2.57 bits per heavy atom. The molecule has 0 spiro atoms. The van der Waals surface area contributed by atoms with Crippen LogP contribution in [-0.4, -0.2) is 22.0 Å². The molecule has 120 valence electrons. The number of ether oxygens (including phenoxy) is 1. The summed E-state index contributed by atoms with van der Waals surface area (Å²) in [5.74, 6) is -1.08. The number of ketones is 1. The molecule has 0 aliphatic carbocycles. The fourth-order valence-electron chi connectivity index (χ4n) is 2.03. The number of hydrogen-bond acceptors (Lipinski definition) is 4. The van der Waals surface area contributed by atoms with Crippen LogP contribution in [0, 0.1) is 5.82 Å². The smallest absolute Gasteiger partial charge is 0.330 e. The second-order valence-corrected chi connectivity index (χ2v) is 4.89. The number of hydrogen-bond donors (Lipinski definition) is 0. The molecule has 0 amide bonds. The molecule has 0 saturated carbocycles. The van der Waals surface area contributed by atoms with Crippen molar-refractivity contribution in [2.24, 2.45) is 14.1 Å². The van der Waals surface area contributed by atoms with Crippen molar-refractivity contribution in [3.63, 3.8) is 0 Å². The van der Waals surface area contributed by atoms with Crippen molar-refractivity contribution in [1.82, 2.24) is 9.13 Å². The second-order valence-electron chi connectivity index (χ2n) is 4.89. The van der Waals surface area contributed by atoms with Gasteiger partial charge >= 0.3 is 5.69 Å². The van der Waals surface area contributed by atoms with Gasteiger partial charge in [-0.25, -0.2) is 9.18 Å². The topological polar surface area (TPSA) is 70.3 Å². The van der Waals surface area contributed by atoms with Crippen LogP contribution in [0.1, 0.15) is 15.9 Å². The Bertz CT molecular complexity index is 909. The number of benzene rings is 1. The highest BCUT2D eigenvalue weighted by atomic mass is 19.1. The molecule has 0 aliphatic heterocycles. The van der Waals surface area contributed by atoms with E-state index in [1.807, 2.05) is 0 Å². The molecule has 0 saturated heterocycles. The number of rotatable bonds is 4. The molecule has 1 aromatic carbocycles. The van der Waals surface area contributed by atoms with Gasteiger partial charge in [0.05, 0.1) is 12.7 Å². The molecule has 2 rings (SSSR count). The Kier molecular flexibility index (Phi) is 4.59. The van der Waals surface area contributed by atoms with E-state index in [-0.39, 0.29) is 16.9 Å². The SMILES string of the molecule is COc1ccc(C(=O)/C=C/c2cn(C)c(=O)n(C)c2=O)cc1F. The molecule has 1 aromatic heterocycles. The quantitative estimate of drug-likeness (QED) is 0.626. The first-order chi connectivity index (χ1) is 10.8. The summed E-state index contributed by atoms with van der Waals surface area (Å²) in [5.41, 5.74) is -0.674. The van der Waals surface area contributed by atoms with Crippen LogP contribution in [0.15, 0.2) is 40.1 Å². The first-order valence-electron chi connectivity index (χ1n) is 6.67. The predicted octanol–water partition coefficient (Wildman–Crippen LogP) is 1.13. The van der Waals surface area contributed by atoms with Crippen LogP contribution in [-0.2, 0) is 14.1 Å². The molecule has 2 aromatic rings. The van der Waals surface area contributed by atoms with E-state index in [9.17, 15) is 18.8 Å². The van der Waals surface area contributed by atoms with Crippen LogP contribution in [0.3, 0.4) is 0 Å². The molecule has 0 atom stereocenters. The summed E-state index contributed by atoms with van der Waals surface area (Å²) < 4.78 is 20.6. The maximum absolute atomic E-state index is 13.6. The molecule has 0 aliphatic rings. The summed E-state index contributed by atoms with van der Waals surface area (Å²) in [6.45, 7) is 0. The van der Waals surface area contributed by atoms with Crippen molar-refractivity contribution < 1.29 is 13.9 Å². The van der Waals surface area contributed by atoms with Crippen LogP contribution in [0.4, 0.5) is 4.39 Å². The lowest BCUT2D eigenvalue weighted by molar-refractivity contribution is 0.104. The van der Waals surface area contributed by atoms with Gasteiger partial charge in [0, 0.05) is 25.9 Å². The van der Waals surface area contributed by atoms with Gasteiger partial charge in [0.1, 0.15) is 0 Å². The third-order valence-electron chi connectivity index (χ3n) is 3.32. The Hall–Kier alpha value is -2.96. The molecule has 23 heavy (non-hydrogen) atoms. The fourth-order valence-corrected chi connectivity index (χ4v) is 2.03. The van der Waals surface area contributed by atoms with Crippen LogP contribution in [0.25, 0.3) is 6.08 Å². The molecule has 0 unspecified atom stereocenters. The summed E-state index contributed by atoms with van der Waals surface area (Å²) in [6, 6.07) is 3.83. The second kappa shape index (κ2) is 6.43. The summed E-state index contributed by atoms with van der Waals surface area (Å²) in [5, 5.41) is 0.